The number of benzene rings is 2. The molecule has 150 valence electrons. The van der Waals surface area contributed by atoms with Crippen LogP contribution < -0.4 is 20.8 Å². The molecule has 2 atom stereocenters. The molecule has 3 aromatic rings. The quantitative estimate of drug-likeness (QED) is 0.639. The zero-order chi connectivity index (χ0) is 21.1. The molecule has 29 heavy (non-hydrogen) atoms. The smallest absolute Gasteiger partial charge is 0.339 e. The predicted octanol–water partition coefficient (Wildman–Crippen LogP) is 1.78. The molecule has 2 aromatic carbocycles. The zero-order valence-corrected chi connectivity index (χ0v) is 16.2. The summed E-state index contributed by atoms with van der Waals surface area (Å²) >= 11 is 0. The lowest BCUT2D eigenvalue weighted by Crippen LogP contribution is -2.45. The molecule has 7 heteroatoms. The maximum absolute atomic E-state index is 12.5. The van der Waals surface area contributed by atoms with Gasteiger partial charge in [-0.2, -0.15) is 0 Å². The van der Waals surface area contributed by atoms with Gasteiger partial charge in [-0.05, 0) is 44.0 Å². The van der Waals surface area contributed by atoms with Gasteiger partial charge in [0.1, 0.15) is 11.3 Å². The maximum Gasteiger partial charge on any atom is 0.339 e. The fourth-order valence-corrected chi connectivity index (χ4v) is 2.94. The second-order valence-electron chi connectivity index (χ2n) is 6.73. The van der Waals surface area contributed by atoms with Crippen molar-refractivity contribution in [2.75, 3.05) is 0 Å². The molecule has 0 aliphatic carbocycles. The molecule has 7 nitrogen and oxygen atoms in total. The molecule has 0 aliphatic heterocycles. The van der Waals surface area contributed by atoms with E-state index in [4.69, 9.17) is 9.15 Å². The van der Waals surface area contributed by atoms with Crippen molar-refractivity contribution in [1.29, 1.82) is 0 Å². The number of aryl methyl sites for hydroxylation is 1. The zero-order valence-electron chi connectivity index (χ0n) is 16.2. The molecule has 0 spiro atoms. The molecule has 0 bridgehead atoms. The molecule has 1 amide bonds. The third-order valence-corrected chi connectivity index (χ3v) is 4.77. The largest absolute Gasteiger partial charge is 0.548 e. The fraction of sp³-hybridized carbons (Fsp3) is 0.227. The summed E-state index contributed by atoms with van der Waals surface area (Å²) in [6, 6.07) is 11.9. The van der Waals surface area contributed by atoms with Gasteiger partial charge in [0.05, 0.1) is 12.0 Å². The lowest BCUT2D eigenvalue weighted by atomic mass is 10.1. The highest BCUT2D eigenvalue weighted by molar-refractivity contribution is 5.87. The molecule has 0 fully saturated rings. The Kier molecular flexibility index (Phi) is 5.68. The van der Waals surface area contributed by atoms with Gasteiger partial charge < -0.3 is 24.4 Å². The minimum Gasteiger partial charge on any atom is -0.548 e. The van der Waals surface area contributed by atoms with Gasteiger partial charge in [0, 0.05) is 17.0 Å². The van der Waals surface area contributed by atoms with Gasteiger partial charge in [0.25, 0.3) is 5.91 Å². The number of carboxylic acid groups (broad SMARTS) is 1. The lowest BCUT2D eigenvalue weighted by Gasteiger charge is -2.22. The van der Waals surface area contributed by atoms with Crippen molar-refractivity contribution >= 4 is 22.8 Å². The van der Waals surface area contributed by atoms with Crippen LogP contribution in [-0.4, -0.2) is 18.0 Å². The van der Waals surface area contributed by atoms with Gasteiger partial charge in [-0.1, -0.05) is 30.3 Å². The van der Waals surface area contributed by atoms with Gasteiger partial charge in [-0.25, -0.2) is 4.79 Å². The molecule has 3 rings (SSSR count). The molecule has 0 aliphatic rings. The Bertz CT molecular complexity index is 1120. The highest BCUT2D eigenvalue weighted by atomic mass is 16.5. The van der Waals surface area contributed by atoms with Crippen LogP contribution in [0.4, 0.5) is 0 Å². The van der Waals surface area contributed by atoms with Crippen LogP contribution >= 0.6 is 0 Å². The van der Waals surface area contributed by atoms with E-state index < -0.39 is 29.6 Å². The maximum atomic E-state index is 12.5. The minimum absolute atomic E-state index is 0.316. The van der Waals surface area contributed by atoms with Crippen LogP contribution in [0.25, 0.3) is 11.0 Å². The van der Waals surface area contributed by atoms with Gasteiger partial charge in [-0.15, -0.1) is 0 Å². The number of aliphatic carboxylic acids is 1. The van der Waals surface area contributed by atoms with Crippen molar-refractivity contribution in [2.24, 2.45) is 0 Å². The molecule has 0 saturated heterocycles. The summed E-state index contributed by atoms with van der Waals surface area (Å²) in [7, 11) is 0. The van der Waals surface area contributed by atoms with E-state index in [0.29, 0.717) is 22.5 Å². The second-order valence-corrected chi connectivity index (χ2v) is 6.73. The lowest BCUT2D eigenvalue weighted by molar-refractivity contribution is -0.308. The molecule has 1 aromatic heterocycles. The van der Waals surface area contributed by atoms with E-state index in [1.807, 2.05) is 6.92 Å². The predicted molar refractivity (Wildman–Crippen MR) is 104 cm³/mol. The Morgan fingerprint density at radius 3 is 2.41 bits per heavy atom. The van der Waals surface area contributed by atoms with E-state index >= 15 is 0 Å². The highest BCUT2D eigenvalue weighted by Crippen LogP contribution is 2.24. The Labute approximate surface area is 166 Å². The number of fused-ring (bicyclic) bond motifs is 1. The fourth-order valence-electron chi connectivity index (χ4n) is 2.94. The van der Waals surface area contributed by atoms with Crippen LogP contribution in [0.5, 0.6) is 5.75 Å². The summed E-state index contributed by atoms with van der Waals surface area (Å²) in [5, 5.41) is 14.6. The Morgan fingerprint density at radius 2 is 1.76 bits per heavy atom. The Morgan fingerprint density at radius 1 is 1.07 bits per heavy atom. The summed E-state index contributed by atoms with van der Waals surface area (Å²) in [5.41, 5.74) is 1.66. The van der Waals surface area contributed by atoms with E-state index in [2.05, 4.69) is 5.32 Å². The summed E-state index contributed by atoms with van der Waals surface area (Å²) in [4.78, 5) is 35.8. The SMILES string of the molecule is Cc1c(C)c2ccc(O[C@H](C)C(=O)N[C@H](C(=O)[O-])c3ccccc3)cc2oc1=O. The van der Waals surface area contributed by atoms with E-state index in [0.717, 1.165) is 10.9 Å². The number of hydrogen-bond donors (Lipinski definition) is 1. The average Bonchev–Trinajstić information content (AvgIpc) is 2.70. The summed E-state index contributed by atoms with van der Waals surface area (Å²) in [6.45, 7) is 5.01. The van der Waals surface area contributed by atoms with Crippen molar-refractivity contribution in [3.05, 3.63) is 75.6 Å². The van der Waals surface area contributed by atoms with Crippen LogP contribution in [0.15, 0.2) is 57.7 Å². The molecular formula is C22H20NO6-. The van der Waals surface area contributed by atoms with E-state index in [1.165, 1.54) is 13.0 Å². The van der Waals surface area contributed by atoms with Crippen molar-refractivity contribution < 1.29 is 23.8 Å². The second kappa shape index (κ2) is 8.18. The van der Waals surface area contributed by atoms with Crippen molar-refractivity contribution in [3.8, 4) is 5.75 Å². The summed E-state index contributed by atoms with van der Waals surface area (Å²) < 4.78 is 10.9. The van der Waals surface area contributed by atoms with Crippen LogP contribution in [-0.2, 0) is 9.59 Å². The van der Waals surface area contributed by atoms with Gasteiger partial charge in [0.2, 0.25) is 0 Å². The first kappa shape index (κ1) is 20.1. The standard InChI is InChI=1S/C22H21NO6/c1-12-13(2)22(27)29-18-11-16(9-10-17(12)18)28-14(3)20(24)23-19(21(25)26)15-7-5-4-6-8-15/h4-11,14,19H,1-3H3,(H,23,24)(H,25,26)/p-1/t14-,19+/m1/s1. The van der Waals surface area contributed by atoms with Crippen LogP contribution in [0, 0.1) is 13.8 Å². The normalized spacial score (nSPS) is 12.9. The summed E-state index contributed by atoms with van der Waals surface area (Å²) in [5.74, 6) is -1.73. The van der Waals surface area contributed by atoms with Crippen molar-refractivity contribution in [1.82, 2.24) is 5.32 Å². The minimum atomic E-state index is -1.42. The van der Waals surface area contributed by atoms with Crippen LogP contribution in [0.2, 0.25) is 0 Å². The number of carbonyl (C=O) groups excluding carboxylic acids is 2. The molecule has 1 heterocycles. The van der Waals surface area contributed by atoms with E-state index in [1.54, 1.807) is 49.4 Å². The summed E-state index contributed by atoms with van der Waals surface area (Å²) in [6.07, 6.45) is -0.990. The first-order valence-corrected chi connectivity index (χ1v) is 9.05. The number of carboxylic acids is 1. The number of ether oxygens (including phenoxy) is 1. The number of carbonyl (C=O) groups is 2. The number of amides is 1. The number of rotatable bonds is 6. The first-order chi connectivity index (χ1) is 13.8. The highest BCUT2D eigenvalue weighted by Gasteiger charge is 2.21. The van der Waals surface area contributed by atoms with Crippen molar-refractivity contribution in [3.63, 3.8) is 0 Å². The molecule has 1 N–H and O–H groups in total. The number of nitrogens with one attached hydrogen (secondary N) is 1. The molecule has 0 unspecified atom stereocenters. The first-order valence-electron chi connectivity index (χ1n) is 9.05. The molecule has 0 radical (unpaired) electrons. The monoisotopic (exact) mass is 394 g/mol. The molecular weight excluding hydrogens is 374 g/mol. The van der Waals surface area contributed by atoms with Crippen LogP contribution in [0.1, 0.15) is 29.7 Å². The van der Waals surface area contributed by atoms with Gasteiger partial charge in [0.15, 0.2) is 6.10 Å². The average molecular weight is 394 g/mol. The van der Waals surface area contributed by atoms with Gasteiger partial charge in [-0.3, -0.25) is 4.79 Å². The third kappa shape index (κ3) is 4.29. The third-order valence-electron chi connectivity index (χ3n) is 4.77. The molecule has 0 saturated carbocycles. The van der Waals surface area contributed by atoms with E-state index in [9.17, 15) is 19.5 Å². The van der Waals surface area contributed by atoms with Gasteiger partial charge >= 0.3 is 5.63 Å². The Balaban J connectivity index is 1.77. The topological polar surface area (TPSA) is 109 Å². The van der Waals surface area contributed by atoms with E-state index in [-0.39, 0.29) is 0 Å². The van der Waals surface area contributed by atoms with Crippen LogP contribution in [0.3, 0.4) is 0 Å². The van der Waals surface area contributed by atoms with Crippen molar-refractivity contribution in [2.45, 2.75) is 32.9 Å². The Hall–Kier alpha value is -3.61. The number of hydrogen-bond acceptors (Lipinski definition) is 6.